The lowest BCUT2D eigenvalue weighted by Gasteiger charge is -2.20. The van der Waals surface area contributed by atoms with Crippen molar-refractivity contribution in [3.05, 3.63) is 28.8 Å². The third kappa shape index (κ3) is 2.91. The fraction of sp³-hybridized carbons (Fsp3) is 0.538. The van der Waals surface area contributed by atoms with Crippen LogP contribution in [0.25, 0.3) is 0 Å². The zero-order chi connectivity index (χ0) is 13.3. The largest absolute Gasteiger partial charge is 0.418 e. The number of rotatable bonds is 2. The van der Waals surface area contributed by atoms with E-state index in [4.69, 9.17) is 11.6 Å². The van der Waals surface area contributed by atoms with Gasteiger partial charge in [0.1, 0.15) is 0 Å². The Morgan fingerprint density at radius 1 is 1.28 bits per heavy atom. The maximum absolute atomic E-state index is 12.9. The van der Waals surface area contributed by atoms with E-state index < -0.39 is 11.7 Å². The third-order valence-electron chi connectivity index (χ3n) is 3.36. The average Bonchev–Trinajstić information content (AvgIpc) is 2.65. The first-order valence-electron chi connectivity index (χ1n) is 6.00. The molecule has 1 saturated carbocycles. The monoisotopic (exact) mass is 277 g/mol. The maximum atomic E-state index is 12.9. The summed E-state index contributed by atoms with van der Waals surface area (Å²) in [5.74, 6) is 0.555. The molecule has 0 aromatic heterocycles. The van der Waals surface area contributed by atoms with Crippen molar-refractivity contribution in [2.24, 2.45) is 5.92 Å². The molecule has 0 radical (unpaired) electrons. The minimum Gasteiger partial charge on any atom is -0.381 e. The van der Waals surface area contributed by atoms with Gasteiger partial charge in [-0.3, -0.25) is 0 Å². The van der Waals surface area contributed by atoms with E-state index in [1.54, 1.807) is 0 Å². The Morgan fingerprint density at radius 3 is 2.56 bits per heavy atom. The van der Waals surface area contributed by atoms with E-state index in [1.165, 1.54) is 12.1 Å². The Bertz CT molecular complexity index is 431. The summed E-state index contributed by atoms with van der Waals surface area (Å²) < 4.78 is 38.6. The van der Waals surface area contributed by atoms with Gasteiger partial charge < -0.3 is 5.32 Å². The Kier molecular flexibility index (Phi) is 3.76. The van der Waals surface area contributed by atoms with Gasteiger partial charge in [-0.25, -0.2) is 0 Å². The molecule has 2 rings (SSSR count). The molecule has 100 valence electrons. The number of halogens is 4. The number of hydrogen-bond donors (Lipinski definition) is 1. The summed E-state index contributed by atoms with van der Waals surface area (Å²) in [5.41, 5.74) is -0.666. The normalized spacial score (nSPS) is 24.3. The molecule has 0 spiro atoms. The second kappa shape index (κ2) is 5.00. The van der Waals surface area contributed by atoms with Gasteiger partial charge in [0.15, 0.2) is 0 Å². The molecule has 0 heterocycles. The van der Waals surface area contributed by atoms with Gasteiger partial charge in [0.05, 0.1) is 16.3 Å². The Morgan fingerprint density at radius 2 is 2.00 bits per heavy atom. The van der Waals surface area contributed by atoms with Crippen molar-refractivity contribution < 1.29 is 13.2 Å². The second-order valence-electron chi connectivity index (χ2n) is 4.92. The molecule has 0 saturated heterocycles. The fourth-order valence-corrected chi connectivity index (χ4v) is 2.68. The summed E-state index contributed by atoms with van der Waals surface area (Å²) in [4.78, 5) is 0. The molecule has 5 heteroatoms. The number of nitrogens with one attached hydrogen (secondary N) is 1. The van der Waals surface area contributed by atoms with Crippen LogP contribution in [0, 0.1) is 5.92 Å². The highest BCUT2D eigenvalue weighted by atomic mass is 35.5. The Balaban J connectivity index is 2.26. The number of anilines is 1. The van der Waals surface area contributed by atoms with Crippen molar-refractivity contribution in [1.29, 1.82) is 0 Å². The van der Waals surface area contributed by atoms with Gasteiger partial charge in [-0.05, 0) is 37.3 Å². The number of hydrogen-bond acceptors (Lipinski definition) is 1. The molecule has 2 atom stereocenters. The second-order valence-corrected chi connectivity index (χ2v) is 5.33. The lowest BCUT2D eigenvalue weighted by molar-refractivity contribution is -0.137. The summed E-state index contributed by atoms with van der Waals surface area (Å²) >= 11 is 5.89. The van der Waals surface area contributed by atoms with E-state index in [9.17, 15) is 13.2 Å². The quantitative estimate of drug-likeness (QED) is 0.806. The van der Waals surface area contributed by atoms with Crippen molar-refractivity contribution in [2.45, 2.75) is 38.4 Å². The molecule has 1 aliphatic carbocycles. The first kappa shape index (κ1) is 13.5. The average molecular weight is 278 g/mol. The Hall–Kier alpha value is -0.900. The molecule has 1 nitrogen and oxygen atoms in total. The molecule has 1 fully saturated rings. The first-order valence-corrected chi connectivity index (χ1v) is 6.38. The standard InChI is InChI=1S/C13H15ClF3N/c1-8-5-6-9(7-8)18-12-10(13(15,16)17)3-2-4-11(12)14/h2-4,8-9,18H,5-7H2,1H3. The van der Waals surface area contributed by atoms with Crippen LogP contribution in [-0.2, 0) is 6.18 Å². The fourth-order valence-electron chi connectivity index (χ4n) is 2.45. The predicted molar refractivity (Wildman–Crippen MR) is 66.9 cm³/mol. The van der Waals surface area contributed by atoms with E-state index >= 15 is 0 Å². The molecule has 0 aliphatic heterocycles. The highest BCUT2D eigenvalue weighted by Crippen LogP contribution is 2.40. The summed E-state index contributed by atoms with van der Waals surface area (Å²) in [6.45, 7) is 2.11. The lowest BCUT2D eigenvalue weighted by atomic mass is 10.1. The van der Waals surface area contributed by atoms with Gasteiger partial charge in [0, 0.05) is 6.04 Å². The summed E-state index contributed by atoms with van der Waals surface area (Å²) in [6.07, 6.45) is -1.55. The molecular weight excluding hydrogens is 263 g/mol. The van der Waals surface area contributed by atoms with Crippen molar-refractivity contribution in [1.82, 2.24) is 0 Å². The van der Waals surface area contributed by atoms with Crippen molar-refractivity contribution in [2.75, 3.05) is 5.32 Å². The van der Waals surface area contributed by atoms with Crippen LogP contribution in [-0.4, -0.2) is 6.04 Å². The van der Waals surface area contributed by atoms with Crippen LogP contribution in [0.3, 0.4) is 0 Å². The van der Waals surface area contributed by atoms with Gasteiger partial charge in [-0.1, -0.05) is 24.6 Å². The zero-order valence-corrected chi connectivity index (χ0v) is 10.8. The minimum absolute atomic E-state index is 0.0192. The molecule has 1 aliphatic rings. The van der Waals surface area contributed by atoms with Crippen LogP contribution >= 0.6 is 11.6 Å². The van der Waals surface area contributed by atoms with Crippen LogP contribution in [0.2, 0.25) is 5.02 Å². The highest BCUT2D eigenvalue weighted by molar-refractivity contribution is 6.33. The molecule has 1 aromatic rings. The van der Waals surface area contributed by atoms with Crippen LogP contribution in [0.1, 0.15) is 31.7 Å². The lowest BCUT2D eigenvalue weighted by Crippen LogP contribution is -2.19. The molecule has 18 heavy (non-hydrogen) atoms. The van der Waals surface area contributed by atoms with Gasteiger partial charge >= 0.3 is 6.18 Å². The van der Waals surface area contributed by atoms with Crippen LogP contribution < -0.4 is 5.32 Å². The van der Waals surface area contributed by atoms with Gasteiger partial charge in [-0.2, -0.15) is 13.2 Å². The van der Waals surface area contributed by atoms with Crippen LogP contribution in [0.5, 0.6) is 0 Å². The summed E-state index contributed by atoms with van der Waals surface area (Å²) in [5, 5.41) is 3.09. The number of para-hydroxylation sites is 1. The van der Waals surface area contributed by atoms with E-state index in [-0.39, 0.29) is 16.8 Å². The molecule has 0 bridgehead atoms. The third-order valence-corrected chi connectivity index (χ3v) is 3.68. The topological polar surface area (TPSA) is 12.0 Å². The molecule has 2 unspecified atom stereocenters. The van der Waals surface area contributed by atoms with Crippen molar-refractivity contribution in [3.8, 4) is 0 Å². The Labute approximate surface area is 109 Å². The van der Waals surface area contributed by atoms with E-state index in [0.29, 0.717) is 5.92 Å². The van der Waals surface area contributed by atoms with E-state index in [0.717, 1.165) is 25.3 Å². The molecular formula is C13H15ClF3N. The maximum Gasteiger partial charge on any atom is 0.418 e. The summed E-state index contributed by atoms with van der Waals surface area (Å²) in [6, 6.07) is 3.96. The van der Waals surface area contributed by atoms with Crippen LogP contribution in [0.15, 0.2) is 18.2 Å². The smallest absolute Gasteiger partial charge is 0.381 e. The van der Waals surface area contributed by atoms with E-state index in [1.807, 2.05) is 0 Å². The summed E-state index contributed by atoms with van der Waals surface area (Å²) in [7, 11) is 0. The van der Waals surface area contributed by atoms with Gasteiger partial charge in [0.2, 0.25) is 0 Å². The van der Waals surface area contributed by atoms with Gasteiger partial charge in [-0.15, -0.1) is 0 Å². The SMILES string of the molecule is CC1CCC(Nc2c(Cl)cccc2C(F)(F)F)C1. The zero-order valence-electron chi connectivity index (χ0n) is 10.0. The van der Waals surface area contributed by atoms with E-state index in [2.05, 4.69) is 12.2 Å². The van der Waals surface area contributed by atoms with Crippen molar-refractivity contribution in [3.63, 3.8) is 0 Å². The first-order chi connectivity index (χ1) is 8.38. The predicted octanol–water partition coefficient (Wildman–Crippen LogP) is 4.96. The number of alkyl halides is 3. The molecule has 1 aromatic carbocycles. The van der Waals surface area contributed by atoms with Crippen LogP contribution in [0.4, 0.5) is 18.9 Å². The van der Waals surface area contributed by atoms with Gasteiger partial charge in [0.25, 0.3) is 0 Å². The minimum atomic E-state index is -4.38. The molecule has 0 amide bonds. The number of benzene rings is 1. The highest BCUT2D eigenvalue weighted by Gasteiger charge is 2.35. The molecule has 1 N–H and O–H groups in total. The van der Waals surface area contributed by atoms with Crippen molar-refractivity contribution >= 4 is 17.3 Å².